The van der Waals surface area contributed by atoms with Gasteiger partial charge in [0.15, 0.2) is 0 Å². The molecule has 0 saturated carbocycles. The number of nitrogens with one attached hydrogen (secondary N) is 2. The van der Waals surface area contributed by atoms with Crippen molar-refractivity contribution in [2.24, 2.45) is 0 Å². The molecule has 0 fully saturated rings. The number of aromatic amines is 1. The van der Waals surface area contributed by atoms with Gasteiger partial charge in [-0.25, -0.2) is 10.1 Å². The number of nitrogens with zero attached hydrogens (tertiary/aromatic N) is 2. The molecule has 2 N–H and O–H groups in total. The Labute approximate surface area is 128 Å². The van der Waals surface area contributed by atoms with Crippen LogP contribution in [0.4, 0.5) is 0 Å². The van der Waals surface area contributed by atoms with Crippen molar-refractivity contribution in [1.82, 2.24) is 20.5 Å². The van der Waals surface area contributed by atoms with Crippen LogP contribution in [0.1, 0.15) is 45.8 Å². The number of carbonyl (C=O) groups excluding carboxylic acids is 1. The topological polar surface area (TPSA) is 87.7 Å². The molecule has 2 heterocycles. The summed E-state index contributed by atoms with van der Waals surface area (Å²) in [5, 5.41) is 9.35. The molecule has 22 heavy (non-hydrogen) atoms. The fourth-order valence-electron chi connectivity index (χ4n) is 2.88. The van der Waals surface area contributed by atoms with E-state index in [0.717, 1.165) is 48.2 Å². The van der Waals surface area contributed by atoms with Crippen LogP contribution in [0, 0.1) is 0 Å². The standard InChI is InChI=1S/C16H18N4O2/c1-17-16(22)13-8-4-5-10(18-13)9-14-11-6-2-3-7-12(11)15(21)20-19-14/h4-5,8H,2-3,6-7,9H2,1H3,(H,17,22)(H,20,21). The smallest absolute Gasteiger partial charge is 0.269 e. The van der Waals surface area contributed by atoms with E-state index in [1.165, 1.54) is 0 Å². The first kappa shape index (κ1) is 14.4. The molecule has 6 heteroatoms. The average Bonchev–Trinajstić information content (AvgIpc) is 2.57. The van der Waals surface area contributed by atoms with Crippen LogP contribution in [0.5, 0.6) is 0 Å². The molecule has 0 bridgehead atoms. The molecule has 0 aliphatic heterocycles. The van der Waals surface area contributed by atoms with Crippen molar-refractivity contribution in [2.45, 2.75) is 32.1 Å². The normalized spacial score (nSPS) is 13.5. The molecule has 2 aromatic heterocycles. The summed E-state index contributed by atoms with van der Waals surface area (Å²) in [7, 11) is 1.58. The van der Waals surface area contributed by atoms with Gasteiger partial charge in [-0.05, 0) is 43.4 Å². The van der Waals surface area contributed by atoms with E-state index in [2.05, 4.69) is 20.5 Å². The molecule has 0 atom stereocenters. The lowest BCUT2D eigenvalue weighted by atomic mass is 9.90. The number of H-pyrrole nitrogens is 1. The summed E-state index contributed by atoms with van der Waals surface area (Å²) in [6.45, 7) is 0. The molecule has 114 valence electrons. The van der Waals surface area contributed by atoms with Gasteiger partial charge in [-0.15, -0.1) is 0 Å². The van der Waals surface area contributed by atoms with E-state index in [0.29, 0.717) is 12.1 Å². The number of fused-ring (bicyclic) bond motifs is 1. The summed E-state index contributed by atoms with van der Waals surface area (Å²) in [6.07, 6.45) is 4.34. The Bertz CT molecular complexity index is 767. The molecule has 0 spiro atoms. The average molecular weight is 298 g/mol. The maximum Gasteiger partial charge on any atom is 0.269 e. The molecular formula is C16H18N4O2. The number of hydrogen-bond acceptors (Lipinski definition) is 4. The predicted molar refractivity (Wildman–Crippen MR) is 81.9 cm³/mol. The van der Waals surface area contributed by atoms with Crippen LogP contribution >= 0.6 is 0 Å². The molecule has 1 amide bonds. The number of rotatable bonds is 3. The molecule has 0 radical (unpaired) electrons. The third kappa shape index (κ3) is 2.77. The van der Waals surface area contributed by atoms with Crippen molar-refractivity contribution in [1.29, 1.82) is 0 Å². The van der Waals surface area contributed by atoms with Gasteiger partial charge in [0.05, 0.1) is 5.69 Å². The highest BCUT2D eigenvalue weighted by Gasteiger charge is 2.18. The van der Waals surface area contributed by atoms with Crippen molar-refractivity contribution in [3.05, 3.63) is 56.8 Å². The van der Waals surface area contributed by atoms with Crippen molar-refractivity contribution < 1.29 is 4.79 Å². The summed E-state index contributed by atoms with van der Waals surface area (Å²) in [6, 6.07) is 5.36. The van der Waals surface area contributed by atoms with E-state index in [4.69, 9.17) is 0 Å². The second-order valence-corrected chi connectivity index (χ2v) is 5.43. The van der Waals surface area contributed by atoms with Crippen LogP contribution in [0.25, 0.3) is 0 Å². The molecule has 6 nitrogen and oxygen atoms in total. The fraction of sp³-hybridized carbons (Fsp3) is 0.375. The van der Waals surface area contributed by atoms with E-state index < -0.39 is 0 Å². The van der Waals surface area contributed by atoms with Gasteiger partial charge in [-0.3, -0.25) is 9.59 Å². The Morgan fingerprint density at radius 1 is 1.27 bits per heavy atom. The van der Waals surface area contributed by atoms with Gasteiger partial charge in [-0.1, -0.05) is 6.07 Å². The number of carbonyl (C=O) groups is 1. The van der Waals surface area contributed by atoms with E-state index in [1.807, 2.05) is 12.1 Å². The maximum atomic E-state index is 11.9. The Morgan fingerprint density at radius 3 is 2.82 bits per heavy atom. The molecule has 0 unspecified atom stereocenters. The van der Waals surface area contributed by atoms with Crippen LogP contribution in [0.2, 0.25) is 0 Å². The van der Waals surface area contributed by atoms with E-state index in [-0.39, 0.29) is 11.5 Å². The Balaban J connectivity index is 1.94. The van der Waals surface area contributed by atoms with Crippen LogP contribution < -0.4 is 10.9 Å². The Morgan fingerprint density at radius 2 is 2.05 bits per heavy atom. The second-order valence-electron chi connectivity index (χ2n) is 5.43. The van der Waals surface area contributed by atoms with Gasteiger partial charge in [-0.2, -0.15) is 5.10 Å². The first-order chi connectivity index (χ1) is 10.7. The first-order valence-electron chi connectivity index (χ1n) is 7.46. The molecular weight excluding hydrogens is 280 g/mol. The van der Waals surface area contributed by atoms with E-state index >= 15 is 0 Å². The van der Waals surface area contributed by atoms with Gasteiger partial charge in [0.1, 0.15) is 5.69 Å². The minimum absolute atomic E-state index is 0.0782. The zero-order valence-corrected chi connectivity index (χ0v) is 12.5. The van der Waals surface area contributed by atoms with Crippen LogP contribution in [0.15, 0.2) is 23.0 Å². The first-order valence-corrected chi connectivity index (χ1v) is 7.46. The number of amides is 1. The minimum Gasteiger partial charge on any atom is -0.354 e. The summed E-state index contributed by atoms with van der Waals surface area (Å²) in [5.41, 5.74) is 3.86. The van der Waals surface area contributed by atoms with Crippen LogP contribution in [-0.4, -0.2) is 28.1 Å². The molecule has 2 aromatic rings. The molecule has 1 aliphatic rings. The van der Waals surface area contributed by atoms with Gasteiger partial charge in [0.2, 0.25) is 0 Å². The SMILES string of the molecule is CNC(=O)c1cccc(Cc2n[nH]c(=O)c3c2CCCC3)n1. The largest absolute Gasteiger partial charge is 0.354 e. The second kappa shape index (κ2) is 6.09. The monoisotopic (exact) mass is 298 g/mol. The highest BCUT2D eigenvalue weighted by molar-refractivity contribution is 5.91. The van der Waals surface area contributed by atoms with Crippen LogP contribution in [0.3, 0.4) is 0 Å². The number of aromatic nitrogens is 3. The maximum absolute atomic E-state index is 11.9. The minimum atomic E-state index is -0.210. The van der Waals surface area contributed by atoms with Crippen LogP contribution in [-0.2, 0) is 19.3 Å². The molecule has 0 saturated heterocycles. The zero-order valence-electron chi connectivity index (χ0n) is 12.5. The number of hydrogen-bond donors (Lipinski definition) is 2. The number of pyridine rings is 1. The third-order valence-corrected chi connectivity index (χ3v) is 4.00. The van der Waals surface area contributed by atoms with Crippen molar-refractivity contribution in [3.63, 3.8) is 0 Å². The van der Waals surface area contributed by atoms with E-state index in [9.17, 15) is 9.59 Å². The summed E-state index contributed by atoms with van der Waals surface area (Å²) >= 11 is 0. The summed E-state index contributed by atoms with van der Waals surface area (Å²) in [5.74, 6) is -0.210. The molecule has 3 rings (SSSR count). The lowest BCUT2D eigenvalue weighted by Crippen LogP contribution is -2.23. The highest BCUT2D eigenvalue weighted by atomic mass is 16.1. The molecule has 0 aromatic carbocycles. The highest BCUT2D eigenvalue weighted by Crippen LogP contribution is 2.21. The Kier molecular flexibility index (Phi) is 4.00. The van der Waals surface area contributed by atoms with Crippen molar-refractivity contribution in [2.75, 3.05) is 7.05 Å². The quantitative estimate of drug-likeness (QED) is 0.884. The summed E-state index contributed by atoms with van der Waals surface area (Å²) in [4.78, 5) is 27.9. The predicted octanol–water partition coefficient (Wildman–Crippen LogP) is 0.994. The van der Waals surface area contributed by atoms with Gasteiger partial charge >= 0.3 is 0 Å². The van der Waals surface area contributed by atoms with Crippen molar-refractivity contribution >= 4 is 5.91 Å². The molecule has 1 aliphatic carbocycles. The van der Waals surface area contributed by atoms with E-state index in [1.54, 1.807) is 13.1 Å². The lowest BCUT2D eigenvalue weighted by molar-refractivity contribution is 0.0958. The lowest BCUT2D eigenvalue weighted by Gasteiger charge is -2.17. The Hall–Kier alpha value is -2.50. The van der Waals surface area contributed by atoms with Gasteiger partial charge < -0.3 is 5.32 Å². The fourth-order valence-corrected chi connectivity index (χ4v) is 2.88. The zero-order chi connectivity index (χ0) is 15.5. The van der Waals surface area contributed by atoms with Gasteiger partial charge in [0, 0.05) is 24.7 Å². The van der Waals surface area contributed by atoms with Crippen molar-refractivity contribution in [3.8, 4) is 0 Å². The third-order valence-electron chi connectivity index (χ3n) is 4.00. The van der Waals surface area contributed by atoms with Gasteiger partial charge in [0.25, 0.3) is 11.5 Å². The summed E-state index contributed by atoms with van der Waals surface area (Å²) < 4.78 is 0.